The van der Waals surface area contributed by atoms with E-state index >= 15 is 0 Å². The van der Waals surface area contributed by atoms with E-state index in [4.69, 9.17) is 16.6 Å². The highest BCUT2D eigenvalue weighted by Gasteiger charge is 2.28. The van der Waals surface area contributed by atoms with Crippen LogP contribution in [0.15, 0.2) is 77.6 Å². The summed E-state index contributed by atoms with van der Waals surface area (Å²) in [7, 11) is 1.72. The molecule has 1 atom stereocenters. The molecule has 0 radical (unpaired) electrons. The van der Waals surface area contributed by atoms with Gasteiger partial charge in [-0.15, -0.1) is 0 Å². The topological polar surface area (TPSA) is 55.2 Å². The summed E-state index contributed by atoms with van der Waals surface area (Å²) in [6.07, 6.45) is 0.573. The van der Waals surface area contributed by atoms with Gasteiger partial charge in [0.2, 0.25) is 0 Å². The minimum absolute atomic E-state index is 0.161. The van der Waals surface area contributed by atoms with Gasteiger partial charge >= 0.3 is 0 Å². The molecule has 1 heterocycles. The third-order valence-corrected chi connectivity index (χ3v) is 6.00. The number of aryl methyl sites for hydroxylation is 1. The maximum absolute atomic E-state index is 13.6. The van der Waals surface area contributed by atoms with Crippen LogP contribution in [0.25, 0.3) is 16.6 Å². The van der Waals surface area contributed by atoms with E-state index in [1.807, 2.05) is 56.3 Å². The lowest BCUT2D eigenvalue weighted by atomic mass is 10.1. The summed E-state index contributed by atoms with van der Waals surface area (Å²) in [4.78, 5) is 33.4. The molecule has 1 aromatic heterocycles. The molecule has 0 saturated carbocycles. The second kappa shape index (κ2) is 8.97. The second-order valence-corrected chi connectivity index (χ2v) is 8.19. The van der Waals surface area contributed by atoms with E-state index in [-0.39, 0.29) is 11.5 Å². The maximum atomic E-state index is 13.6. The molecular formula is C26H24ClN3O2. The molecule has 1 unspecified atom stereocenters. The molecule has 0 spiro atoms. The molecule has 0 aliphatic carbocycles. The molecule has 0 saturated heterocycles. The van der Waals surface area contributed by atoms with Crippen LogP contribution in [-0.4, -0.2) is 27.4 Å². The standard InChI is InChI=1S/C26H24ClN3O2/c1-4-23(29(3)25(31)19-9-5-7-11-21(19)27)24-28-22-12-8-6-10-20(22)26(32)30(24)18-15-13-17(2)14-16-18/h5-16,23H,4H2,1-3H3. The van der Waals surface area contributed by atoms with E-state index in [2.05, 4.69) is 0 Å². The van der Waals surface area contributed by atoms with Crippen LogP contribution in [0.4, 0.5) is 0 Å². The van der Waals surface area contributed by atoms with Crippen molar-refractivity contribution in [1.82, 2.24) is 14.5 Å². The predicted molar refractivity (Wildman–Crippen MR) is 129 cm³/mol. The fourth-order valence-corrected chi connectivity index (χ4v) is 4.13. The molecule has 32 heavy (non-hydrogen) atoms. The molecule has 0 aliphatic heterocycles. The Morgan fingerprint density at radius 1 is 1.03 bits per heavy atom. The first-order valence-corrected chi connectivity index (χ1v) is 10.9. The molecular weight excluding hydrogens is 422 g/mol. The van der Waals surface area contributed by atoms with E-state index in [0.717, 1.165) is 5.56 Å². The van der Waals surface area contributed by atoms with Crippen molar-refractivity contribution >= 4 is 28.4 Å². The fraction of sp³-hybridized carbons (Fsp3) is 0.192. The van der Waals surface area contributed by atoms with E-state index in [1.165, 1.54) is 0 Å². The Morgan fingerprint density at radius 2 is 1.69 bits per heavy atom. The van der Waals surface area contributed by atoms with Gasteiger partial charge < -0.3 is 4.90 Å². The largest absolute Gasteiger partial charge is 0.331 e. The molecule has 4 aromatic rings. The lowest BCUT2D eigenvalue weighted by molar-refractivity contribution is 0.0717. The summed E-state index contributed by atoms with van der Waals surface area (Å²) >= 11 is 6.28. The highest BCUT2D eigenvalue weighted by atomic mass is 35.5. The Balaban J connectivity index is 1.92. The molecule has 0 fully saturated rings. The van der Waals surface area contributed by atoms with Crippen LogP contribution in [-0.2, 0) is 0 Å². The molecule has 0 bridgehead atoms. The number of rotatable bonds is 5. The molecule has 0 aliphatic rings. The number of amides is 1. The molecule has 4 rings (SSSR count). The minimum Gasteiger partial charge on any atom is -0.331 e. The summed E-state index contributed by atoms with van der Waals surface area (Å²) < 4.78 is 1.62. The normalized spacial score (nSPS) is 12.0. The van der Waals surface area contributed by atoms with Crippen molar-refractivity contribution in [2.45, 2.75) is 26.3 Å². The van der Waals surface area contributed by atoms with Crippen LogP contribution < -0.4 is 5.56 Å². The first-order chi connectivity index (χ1) is 15.4. The number of halogens is 1. The molecule has 5 nitrogen and oxygen atoms in total. The Bertz CT molecular complexity index is 1350. The zero-order chi connectivity index (χ0) is 22.8. The number of hydrogen-bond donors (Lipinski definition) is 0. The van der Waals surface area contributed by atoms with Crippen LogP contribution in [0.1, 0.15) is 41.1 Å². The van der Waals surface area contributed by atoms with Gasteiger partial charge in [0.1, 0.15) is 5.82 Å². The van der Waals surface area contributed by atoms with Crippen LogP contribution in [0, 0.1) is 6.92 Å². The molecule has 3 aromatic carbocycles. The lowest BCUT2D eigenvalue weighted by Gasteiger charge is -2.29. The van der Waals surface area contributed by atoms with E-state index < -0.39 is 6.04 Å². The van der Waals surface area contributed by atoms with Gasteiger partial charge in [-0.25, -0.2) is 4.98 Å². The third-order valence-electron chi connectivity index (χ3n) is 5.67. The SMILES string of the molecule is CCC(c1nc2ccccc2c(=O)n1-c1ccc(C)cc1)N(C)C(=O)c1ccccc1Cl. The fourth-order valence-electron chi connectivity index (χ4n) is 3.91. The lowest BCUT2D eigenvalue weighted by Crippen LogP contribution is -2.36. The Morgan fingerprint density at radius 3 is 2.38 bits per heavy atom. The average molecular weight is 446 g/mol. The highest BCUT2D eigenvalue weighted by Crippen LogP contribution is 2.27. The van der Waals surface area contributed by atoms with Crippen LogP contribution in [0.2, 0.25) is 5.02 Å². The number of benzene rings is 3. The van der Waals surface area contributed by atoms with Gasteiger partial charge in [-0.2, -0.15) is 0 Å². The molecule has 1 amide bonds. The number of aromatic nitrogens is 2. The number of carbonyl (C=O) groups is 1. The maximum Gasteiger partial charge on any atom is 0.266 e. The first kappa shape index (κ1) is 21.8. The Kier molecular flexibility index (Phi) is 6.10. The predicted octanol–water partition coefficient (Wildman–Crippen LogP) is 5.57. The van der Waals surface area contributed by atoms with Gasteiger partial charge in [-0.05, 0) is 49.7 Å². The van der Waals surface area contributed by atoms with E-state index in [0.29, 0.717) is 39.4 Å². The van der Waals surface area contributed by atoms with Gasteiger partial charge in [0.05, 0.1) is 33.2 Å². The zero-order valence-corrected chi connectivity index (χ0v) is 19.0. The van der Waals surface area contributed by atoms with Gasteiger partial charge in [0.15, 0.2) is 0 Å². The smallest absolute Gasteiger partial charge is 0.266 e. The van der Waals surface area contributed by atoms with Crippen molar-refractivity contribution < 1.29 is 4.79 Å². The first-order valence-electron chi connectivity index (χ1n) is 10.5. The summed E-state index contributed by atoms with van der Waals surface area (Å²) in [6.45, 7) is 3.97. The van der Waals surface area contributed by atoms with Crippen LogP contribution in [0.5, 0.6) is 0 Å². The van der Waals surface area contributed by atoms with Gasteiger partial charge in [-0.3, -0.25) is 14.2 Å². The monoisotopic (exact) mass is 445 g/mol. The summed E-state index contributed by atoms with van der Waals surface area (Å²) in [5.41, 5.74) is 2.67. The van der Waals surface area contributed by atoms with Crippen molar-refractivity contribution in [3.05, 3.63) is 105 Å². The molecule has 0 N–H and O–H groups in total. The average Bonchev–Trinajstić information content (AvgIpc) is 2.80. The minimum atomic E-state index is -0.433. The number of fused-ring (bicyclic) bond motifs is 1. The van der Waals surface area contributed by atoms with Crippen molar-refractivity contribution in [3.63, 3.8) is 0 Å². The van der Waals surface area contributed by atoms with E-state index in [9.17, 15) is 9.59 Å². The highest BCUT2D eigenvalue weighted by molar-refractivity contribution is 6.33. The third kappa shape index (κ3) is 3.92. The van der Waals surface area contributed by atoms with Crippen LogP contribution >= 0.6 is 11.6 Å². The van der Waals surface area contributed by atoms with Gasteiger partial charge in [0.25, 0.3) is 11.5 Å². The molecule has 162 valence electrons. The zero-order valence-electron chi connectivity index (χ0n) is 18.2. The van der Waals surface area contributed by atoms with Crippen molar-refractivity contribution in [1.29, 1.82) is 0 Å². The number of carbonyl (C=O) groups excluding carboxylic acids is 1. The quantitative estimate of drug-likeness (QED) is 0.403. The summed E-state index contributed by atoms with van der Waals surface area (Å²) in [6, 6.07) is 21.5. The van der Waals surface area contributed by atoms with Crippen molar-refractivity contribution in [2.24, 2.45) is 0 Å². The number of para-hydroxylation sites is 1. The number of nitrogens with zero attached hydrogens (tertiary/aromatic N) is 3. The van der Waals surface area contributed by atoms with Crippen LogP contribution in [0.3, 0.4) is 0 Å². The number of hydrogen-bond acceptors (Lipinski definition) is 3. The second-order valence-electron chi connectivity index (χ2n) is 7.78. The van der Waals surface area contributed by atoms with Gasteiger partial charge in [0, 0.05) is 7.05 Å². The summed E-state index contributed by atoms with van der Waals surface area (Å²) in [5.74, 6) is 0.295. The molecule has 6 heteroatoms. The van der Waals surface area contributed by atoms with Crippen molar-refractivity contribution in [2.75, 3.05) is 7.05 Å². The Hall–Kier alpha value is -3.44. The Labute approximate surface area is 191 Å². The van der Waals surface area contributed by atoms with Crippen molar-refractivity contribution in [3.8, 4) is 5.69 Å². The van der Waals surface area contributed by atoms with E-state index in [1.54, 1.807) is 46.8 Å². The summed E-state index contributed by atoms with van der Waals surface area (Å²) in [5, 5.41) is 0.924. The van der Waals surface area contributed by atoms with Gasteiger partial charge in [-0.1, -0.05) is 60.5 Å².